The molecule has 4 heteroatoms. The highest BCUT2D eigenvalue weighted by Crippen LogP contribution is 2.44. The van der Waals surface area contributed by atoms with Crippen molar-refractivity contribution < 1.29 is 19.1 Å². The second kappa shape index (κ2) is 5.86. The van der Waals surface area contributed by atoms with Crippen LogP contribution in [0.5, 0.6) is 0 Å². The first kappa shape index (κ1) is 15.1. The molecule has 3 aliphatic rings. The van der Waals surface area contributed by atoms with E-state index in [9.17, 15) is 14.4 Å². The number of ether oxygens (including phenoxy) is 1. The van der Waals surface area contributed by atoms with E-state index in [1.807, 2.05) is 6.07 Å². The molecule has 4 nitrogen and oxygen atoms in total. The molecule has 0 N–H and O–H groups in total. The van der Waals surface area contributed by atoms with Crippen molar-refractivity contribution in [1.82, 2.24) is 0 Å². The number of hydrogen-bond donors (Lipinski definition) is 0. The summed E-state index contributed by atoms with van der Waals surface area (Å²) >= 11 is 0. The molecule has 0 radical (unpaired) electrons. The summed E-state index contributed by atoms with van der Waals surface area (Å²) in [6.07, 6.45) is 3.62. The van der Waals surface area contributed by atoms with Crippen molar-refractivity contribution in [3.05, 3.63) is 58.6 Å². The fourth-order valence-corrected chi connectivity index (χ4v) is 3.85. The molecule has 122 valence electrons. The molecule has 0 saturated carbocycles. The Kier molecular flexibility index (Phi) is 3.68. The molecule has 0 aromatic heterocycles. The number of carbonyl (C=O) groups is 3. The van der Waals surface area contributed by atoms with Gasteiger partial charge >= 0.3 is 0 Å². The number of carbonyl (C=O) groups excluding carboxylic acids is 3. The van der Waals surface area contributed by atoms with Crippen molar-refractivity contribution in [3.8, 4) is 0 Å². The number of benzene rings is 1. The van der Waals surface area contributed by atoms with Crippen LogP contribution >= 0.6 is 0 Å². The van der Waals surface area contributed by atoms with E-state index in [-0.39, 0.29) is 17.3 Å². The molecule has 1 heterocycles. The first-order valence-corrected chi connectivity index (χ1v) is 8.46. The van der Waals surface area contributed by atoms with Gasteiger partial charge in [0.25, 0.3) is 0 Å². The molecule has 0 spiro atoms. The summed E-state index contributed by atoms with van der Waals surface area (Å²) in [6, 6.07) is 8.90. The molecule has 0 amide bonds. The summed E-state index contributed by atoms with van der Waals surface area (Å²) in [4.78, 5) is 38.2. The Hall–Kier alpha value is -2.49. The normalized spacial score (nSPS) is 21.3. The second-order valence-corrected chi connectivity index (χ2v) is 6.49. The highest BCUT2D eigenvalue weighted by molar-refractivity contribution is 6.15. The maximum atomic E-state index is 13.2. The van der Waals surface area contributed by atoms with Crippen molar-refractivity contribution in [1.29, 1.82) is 0 Å². The van der Waals surface area contributed by atoms with E-state index in [1.165, 1.54) is 0 Å². The zero-order chi connectivity index (χ0) is 16.7. The van der Waals surface area contributed by atoms with E-state index < -0.39 is 5.92 Å². The predicted molar refractivity (Wildman–Crippen MR) is 87.1 cm³/mol. The lowest BCUT2D eigenvalue weighted by atomic mass is 9.73. The van der Waals surface area contributed by atoms with Gasteiger partial charge in [0.05, 0.1) is 5.92 Å². The highest BCUT2D eigenvalue weighted by Gasteiger charge is 2.44. The van der Waals surface area contributed by atoms with Crippen molar-refractivity contribution >= 4 is 17.3 Å². The van der Waals surface area contributed by atoms with Gasteiger partial charge in [0.15, 0.2) is 17.3 Å². The lowest BCUT2D eigenvalue weighted by Crippen LogP contribution is -2.35. The predicted octanol–water partition coefficient (Wildman–Crippen LogP) is 3.53. The molecule has 4 rings (SSSR count). The zero-order valence-corrected chi connectivity index (χ0v) is 13.3. The Morgan fingerprint density at radius 2 is 1.38 bits per heavy atom. The first-order chi connectivity index (χ1) is 11.7. The van der Waals surface area contributed by atoms with Crippen LogP contribution in [0.25, 0.3) is 0 Å². The van der Waals surface area contributed by atoms with Gasteiger partial charge < -0.3 is 4.74 Å². The van der Waals surface area contributed by atoms with Crippen LogP contribution in [0.3, 0.4) is 0 Å². The minimum Gasteiger partial charge on any atom is -0.465 e. The summed E-state index contributed by atoms with van der Waals surface area (Å²) in [7, 11) is 0. The summed E-state index contributed by atoms with van der Waals surface area (Å²) in [6.45, 7) is 0. The summed E-state index contributed by atoms with van der Waals surface area (Å²) < 4.78 is 5.92. The average Bonchev–Trinajstić information content (AvgIpc) is 2.61. The van der Waals surface area contributed by atoms with Crippen LogP contribution in [-0.4, -0.2) is 17.3 Å². The molecule has 24 heavy (non-hydrogen) atoms. The second-order valence-electron chi connectivity index (χ2n) is 6.49. The number of Topliss-reactive ketones (excluding diaryl/α,β-unsaturated/α-hetero) is 3. The molecule has 1 aromatic rings. The van der Waals surface area contributed by atoms with Crippen LogP contribution in [-0.2, 0) is 14.3 Å². The monoisotopic (exact) mass is 322 g/mol. The van der Waals surface area contributed by atoms with E-state index in [0.717, 1.165) is 12.8 Å². The zero-order valence-electron chi connectivity index (χ0n) is 13.3. The number of allylic oxidation sites excluding steroid dienone is 4. The van der Waals surface area contributed by atoms with Gasteiger partial charge in [-0.25, -0.2) is 0 Å². The van der Waals surface area contributed by atoms with Gasteiger partial charge in [-0.15, -0.1) is 0 Å². The topological polar surface area (TPSA) is 60.4 Å². The molecule has 0 atom stereocenters. The molecule has 0 fully saturated rings. The summed E-state index contributed by atoms with van der Waals surface area (Å²) in [5.41, 5.74) is 1.37. The van der Waals surface area contributed by atoms with E-state index in [4.69, 9.17) is 4.74 Å². The largest absolute Gasteiger partial charge is 0.465 e. The lowest BCUT2D eigenvalue weighted by Gasteiger charge is -2.35. The maximum absolute atomic E-state index is 13.2. The van der Waals surface area contributed by atoms with Gasteiger partial charge in [0.2, 0.25) is 0 Å². The van der Waals surface area contributed by atoms with Crippen LogP contribution in [0.2, 0.25) is 0 Å². The number of ketones is 3. The smallest absolute Gasteiger partial charge is 0.175 e. The van der Waals surface area contributed by atoms with Gasteiger partial charge in [-0.05, 0) is 12.8 Å². The molecule has 1 aliphatic heterocycles. The first-order valence-electron chi connectivity index (χ1n) is 8.46. The third-order valence-corrected chi connectivity index (χ3v) is 4.96. The van der Waals surface area contributed by atoms with Crippen molar-refractivity contribution in [2.24, 2.45) is 5.92 Å². The van der Waals surface area contributed by atoms with E-state index in [1.54, 1.807) is 24.3 Å². The Bertz CT molecular complexity index is 756. The van der Waals surface area contributed by atoms with Gasteiger partial charge in [0.1, 0.15) is 11.5 Å². The van der Waals surface area contributed by atoms with Gasteiger partial charge in [-0.2, -0.15) is 0 Å². The van der Waals surface area contributed by atoms with Crippen molar-refractivity contribution in [3.63, 3.8) is 0 Å². The van der Waals surface area contributed by atoms with E-state index >= 15 is 0 Å². The molecule has 0 saturated heterocycles. The van der Waals surface area contributed by atoms with E-state index in [2.05, 4.69) is 0 Å². The SMILES string of the molecule is O=C1CCCC2=C1C(C(=O)c1ccccc1)C1=C(CCCC1=O)O2. The number of hydrogen-bond acceptors (Lipinski definition) is 4. The third-order valence-electron chi connectivity index (χ3n) is 4.96. The van der Waals surface area contributed by atoms with Crippen LogP contribution in [0.15, 0.2) is 53.0 Å². The van der Waals surface area contributed by atoms with Crippen LogP contribution in [0, 0.1) is 5.92 Å². The maximum Gasteiger partial charge on any atom is 0.175 e. The van der Waals surface area contributed by atoms with Crippen LogP contribution < -0.4 is 0 Å². The number of rotatable bonds is 2. The van der Waals surface area contributed by atoms with Gasteiger partial charge in [-0.3, -0.25) is 14.4 Å². The molecule has 0 unspecified atom stereocenters. The molecule has 1 aromatic carbocycles. The minimum atomic E-state index is -0.785. The van der Waals surface area contributed by atoms with Crippen molar-refractivity contribution in [2.45, 2.75) is 38.5 Å². The molecular weight excluding hydrogens is 304 g/mol. The molecule has 2 aliphatic carbocycles. The van der Waals surface area contributed by atoms with Crippen LogP contribution in [0.4, 0.5) is 0 Å². The summed E-state index contributed by atoms with van der Waals surface area (Å²) in [5.74, 6) is 0.130. The molecule has 0 bridgehead atoms. The highest BCUT2D eigenvalue weighted by atomic mass is 16.5. The van der Waals surface area contributed by atoms with Crippen molar-refractivity contribution in [2.75, 3.05) is 0 Å². The summed E-state index contributed by atoms with van der Waals surface area (Å²) in [5, 5.41) is 0. The van der Waals surface area contributed by atoms with Gasteiger partial charge in [-0.1, -0.05) is 30.3 Å². The Morgan fingerprint density at radius 1 is 0.833 bits per heavy atom. The Balaban J connectivity index is 1.87. The Morgan fingerprint density at radius 3 is 1.92 bits per heavy atom. The minimum absolute atomic E-state index is 0.0598. The molecular formula is C20H18O4. The quantitative estimate of drug-likeness (QED) is 0.782. The van der Waals surface area contributed by atoms with E-state index in [0.29, 0.717) is 53.9 Å². The fraction of sp³-hybridized carbons (Fsp3) is 0.350. The van der Waals surface area contributed by atoms with Crippen LogP contribution in [0.1, 0.15) is 48.9 Å². The Labute approximate surface area is 140 Å². The lowest BCUT2D eigenvalue weighted by molar-refractivity contribution is -0.118. The third kappa shape index (κ3) is 2.33. The average molecular weight is 322 g/mol. The van der Waals surface area contributed by atoms with Gasteiger partial charge in [0, 0.05) is 42.4 Å². The fourth-order valence-electron chi connectivity index (χ4n) is 3.85. The standard InChI is InChI=1S/C20H18O4/c21-13-8-4-10-15-17(13)19(20(23)12-6-2-1-3-7-12)18-14(22)9-5-11-16(18)24-15/h1-3,6-7,19H,4-5,8-11H2.